The van der Waals surface area contributed by atoms with Gasteiger partial charge in [-0.1, -0.05) is 20.3 Å². The lowest BCUT2D eigenvalue weighted by Gasteiger charge is -2.26. The van der Waals surface area contributed by atoms with Gasteiger partial charge in [-0.05, 0) is 25.0 Å². The van der Waals surface area contributed by atoms with Gasteiger partial charge >= 0.3 is 0 Å². The van der Waals surface area contributed by atoms with Crippen LogP contribution in [-0.2, 0) is 14.8 Å². The highest BCUT2D eigenvalue weighted by atomic mass is 32.2. The van der Waals surface area contributed by atoms with Gasteiger partial charge in [-0.2, -0.15) is 4.31 Å². The van der Waals surface area contributed by atoms with Crippen molar-refractivity contribution in [2.75, 3.05) is 31.6 Å². The predicted octanol–water partition coefficient (Wildman–Crippen LogP) is 2.46. The number of benzene rings is 1. The molecule has 1 saturated heterocycles. The van der Waals surface area contributed by atoms with Crippen LogP contribution in [0, 0.1) is 16.0 Å². The van der Waals surface area contributed by atoms with Crippen LogP contribution in [0.4, 0.5) is 11.4 Å². The van der Waals surface area contributed by atoms with E-state index in [1.165, 1.54) is 16.4 Å². The minimum atomic E-state index is -3.76. The topological polar surface area (TPSA) is 102 Å². The summed E-state index contributed by atoms with van der Waals surface area (Å²) >= 11 is 0. The third-order valence-corrected chi connectivity index (χ3v) is 6.55. The second kappa shape index (κ2) is 8.11. The van der Waals surface area contributed by atoms with Crippen molar-refractivity contribution in [1.82, 2.24) is 4.31 Å². The first kappa shape index (κ1) is 19.6. The highest BCUT2D eigenvalue weighted by Crippen LogP contribution is 2.30. The van der Waals surface area contributed by atoms with Gasteiger partial charge in [0.05, 0.1) is 23.0 Å². The number of hydrogen-bond acceptors (Lipinski definition) is 6. The summed E-state index contributed by atoms with van der Waals surface area (Å²) in [5.41, 5.74) is 0.100. The van der Waals surface area contributed by atoms with E-state index in [1.807, 2.05) is 6.92 Å². The van der Waals surface area contributed by atoms with Crippen LogP contribution in [0.1, 0.15) is 27.2 Å². The normalized spacial score (nSPS) is 18.5. The van der Waals surface area contributed by atoms with Gasteiger partial charge in [0.1, 0.15) is 5.69 Å². The second-order valence-electron chi connectivity index (χ2n) is 6.27. The van der Waals surface area contributed by atoms with Crippen LogP contribution < -0.4 is 5.32 Å². The summed E-state index contributed by atoms with van der Waals surface area (Å²) in [6.45, 7) is 7.22. The number of sulfonamides is 1. The Morgan fingerprint density at radius 2 is 1.96 bits per heavy atom. The van der Waals surface area contributed by atoms with Crippen molar-refractivity contribution in [1.29, 1.82) is 0 Å². The van der Waals surface area contributed by atoms with Crippen LogP contribution in [0.3, 0.4) is 0 Å². The maximum Gasteiger partial charge on any atom is 0.293 e. The van der Waals surface area contributed by atoms with E-state index < -0.39 is 14.9 Å². The molecular formula is C16H25N3O5S. The number of morpholine rings is 1. The van der Waals surface area contributed by atoms with Crippen molar-refractivity contribution in [3.05, 3.63) is 28.3 Å². The number of hydrogen-bond donors (Lipinski definition) is 1. The van der Waals surface area contributed by atoms with E-state index >= 15 is 0 Å². The number of rotatable bonds is 7. The largest absolute Gasteiger partial charge is 0.379 e. The molecule has 1 aromatic rings. The fraction of sp³-hybridized carbons (Fsp3) is 0.625. The summed E-state index contributed by atoms with van der Waals surface area (Å²) in [5.74, 6) is 0.330. The monoisotopic (exact) mass is 371 g/mol. The van der Waals surface area contributed by atoms with Crippen LogP contribution in [0.15, 0.2) is 23.1 Å². The summed E-state index contributed by atoms with van der Waals surface area (Å²) in [4.78, 5) is 10.8. The number of anilines is 1. The van der Waals surface area contributed by atoms with Crippen molar-refractivity contribution in [3.63, 3.8) is 0 Å². The molecule has 0 amide bonds. The van der Waals surface area contributed by atoms with Crippen molar-refractivity contribution in [3.8, 4) is 0 Å². The van der Waals surface area contributed by atoms with E-state index in [4.69, 9.17) is 4.74 Å². The van der Waals surface area contributed by atoms with E-state index in [9.17, 15) is 18.5 Å². The van der Waals surface area contributed by atoms with Gasteiger partial charge in [0.2, 0.25) is 10.0 Å². The Labute approximate surface area is 148 Å². The molecule has 0 bridgehead atoms. The van der Waals surface area contributed by atoms with Gasteiger partial charge in [-0.3, -0.25) is 10.1 Å². The van der Waals surface area contributed by atoms with Gasteiger partial charge in [-0.15, -0.1) is 0 Å². The van der Waals surface area contributed by atoms with Crippen molar-refractivity contribution in [2.45, 2.75) is 38.1 Å². The number of nitrogens with one attached hydrogen (secondary N) is 1. The standard InChI is InChI=1S/C16H25N3O5S/c1-4-12(2)13(3)17-15-6-5-14(11-16(15)19(20)21)25(22,23)18-7-9-24-10-8-18/h5-6,11-13,17H,4,7-10H2,1-3H3. The molecule has 25 heavy (non-hydrogen) atoms. The first-order valence-corrected chi connectivity index (χ1v) is 9.84. The molecule has 0 radical (unpaired) electrons. The molecule has 2 unspecified atom stereocenters. The lowest BCUT2D eigenvalue weighted by Crippen LogP contribution is -2.40. The van der Waals surface area contributed by atoms with Crippen molar-refractivity contribution < 1.29 is 18.1 Å². The Morgan fingerprint density at radius 3 is 2.52 bits per heavy atom. The van der Waals surface area contributed by atoms with Crippen molar-refractivity contribution in [2.24, 2.45) is 5.92 Å². The highest BCUT2D eigenvalue weighted by molar-refractivity contribution is 7.89. The Morgan fingerprint density at radius 1 is 1.32 bits per heavy atom. The van der Waals surface area contributed by atoms with Gasteiger partial charge < -0.3 is 10.1 Å². The molecular weight excluding hydrogens is 346 g/mol. The van der Waals surface area contributed by atoms with Crippen LogP contribution >= 0.6 is 0 Å². The Hall–Kier alpha value is -1.71. The van der Waals surface area contributed by atoms with Crippen LogP contribution in [0.25, 0.3) is 0 Å². The van der Waals surface area contributed by atoms with Crippen molar-refractivity contribution >= 4 is 21.4 Å². The van der Waals surface area contributed by atoms with Gasteiger partial charge in [0, 0.05) is 25.2 Å². The number of nitro groups is 1. The SMILES string of the molecule is CCC(C)C(C)Nc1ccc(S(=O)(=O)N2CCOCC2)cc1[N+](=O)[O-]. The zero-order valence-electron chi connectivity index (χ0n) is 14.8. The van der Waals surface area contributed by atoms with Crippen LogP contribution in [0.5, 0.6) is 0 Å². The molecule has 140 valence electrons. The first-order chi connectivity index (χ1) is 11.8. The quantitative estimate of drug-likeness (QED) is 0.583. The third-order valence-electron chi connectivity index (χ3n) is 4.65. The van der Waals surface area contributed by atoms with Gasteiger partial charge in [0.15, 0.2) is 0 Å². The molecule has 9 heteroatoms. The zero-order valence-corrected chi connectivity index (χ0v) is 15.6. The number of nitrogens with zero attached hydrogens (tertiary/aromatic N) is 2. The fourth-order valence-corrected chi connectivity index (χ4v) is 4.05. The minimum absolute atomic E-state index is 0.0328. The van der Waals surface area contributed by atoms with E-state index in [0.717, 1.165) is 12.5 Å². The molecule has 8 nitrogen and oxygen atoms in total. The summed E-state index contributed by atoms with van der Waals surface area (Å²) in [7, 11) is -3.76. The van der Waals surface area contributed by atoms with E-state index in [1.54, 1.807) is 0 Å². The summed E-state index contributed by atoms with van der Waals surface area (Å²) < 4.78 is 31.8. The minimum Gasteiger partial charge on any atom is -0.379 e. The lowest BCUT2D eigenvalue weighted by molar-refractivity contribution is -0.384. The maximum absolute atomic E-state index is 12.7. The van der Waals surface area contributed by atoms with Crippen LogP contribution in [0.2, 0.25) is 0 Å². The molecule has 2 atom stereocenters. The smallest absolute Gasteiger partial charge is 0.293 e. The average molecular weight is 371 g/mol. The summed E-state index contributed by atoms with van der Waals surface area (Å²) in [5, 5.41) is 14.6. The third kappa shape index (κ3) is 4.47. The Balaban J connectivity index is 2.33. The fourth-order valence-electron chi connectivity index (χ4n) is 2.62. The predicted molar refractivity (Wildman–Crippen MR) is 95.2 cm³/mol. The molecule has 2 rings (SSSR count). The van der Waals surface area contributed by atoms with Gasteiger partial charge in [-0.25, -0.2) is 8.42 Å². The zero-order chi connectivity index (χ0) is 18.6. The molecule has 1 N–H and O–H groups in total. The Kier molecular flexibility index (Phi) is 6.36. The van der Waals surface area contributed by atoms with Gasteiger partial charge in [0.25, 0.3) is 5.69 Å². The van der Waals surface area contributed by atoms with E-state index in [2.05, 4.69) is 19.2 Å². The molecule has 1 fully saturated rings. The number of ether oxygens (including phenoxy) is 1. The molecule has 0 aromatic heterocycles. The maximum atomic E-state index is 12.7. The Bertz CT molecular complexity index is 716. The molecule has 1 aliphatic heterocycles. The summed E-state index contributed by atoms with van der Waals surface area (Å²) in [6.07, 6.45) is 0.936. The molecule has 0 aliphatic carbocycles. The van der Waals surface area contributed by atoms with E-state index in [-0.39, 0.29) is 29.7 Å². The molecule has 1 aromatic carbocycles. The molecule has 0 saturated carbocycles. The second-order valence-corrected chi connectivity index (χ2v) is 8.21. The van der Waals surface area contributed by atoms with Crippen LogP contribution in [-0.4, -0.2) is 50.0 Å². The average Bonchev–Trinajstić information content (AvgIpc) is 2.61. The van der Waals surface area contributed by atoms with E-state index in [0.29, 0.717) is 24.8 Å². The lowest BCUT2D eigenvalue weighted by atomic mass is 10.0. The molecule has 1 aliphatic rings. The summed E-state index contributed by atoms with van der Waals surface area (Å²) in [6, 6.07) is 4.06. The molecule has 1 heterocycles. The number of nitro benzene ring substituents is 1. The molecule has 0 spiro atoms. The highest BCUT2D eigenvalue weighted by Gasteiger charge is 2.29. The first-order valence-electron chi connectivity index (χ1n) is 8.40.